The van der Waals surface area contributed by atoms with Crippen LogP contribution in [0, 0.1) is 30.3 Å². The number of rotatable bonds is 3. The molecule has 39 heavy (non-hydrogen) atoms. The van der Waals surface area contributed by atoms with Crippen LogP contribution in [0.5, 0.6) is 0 Å². The fourth-order valence-electron chi connectivity index (χ4n) is 5.56. The molecule has 1 N–H and O–H groups in total. The molecule has 3 heterocycles. The number of hydrogen-bond donors (Lipinski definition) is 1. The summed E-state index contributed by atoms with van der Waals surface area (Å²) in [6.07, 6.45) is 3.48. The van der Waals surface area contributed by atoms with Gasteiger partial charge in [-0.1, -0.05) is 13.0 Å². The van der Waals surface area contributed by atoms with E-state index in [0.29, 0.717) is 30.4 Å². The molecule has 0 atom stereocenters. The van der Waals surface area contributed by atoms with Gasteiger partial charge < -0.3 is 10.0 Å². The van der Waals surface area contributed by atoms with Crippen molar-refractivity contribution in [1.29, 1.82) is 0 Å². The normalized spacial score (nSPS) is 21.7. The molecule has 6 rings (SSSR count). The van der Waals surface area contributed by atoms with Gasteiger partial charge in [0.05, 0.1) is 28.8 Å². The Morgan fingerprint density at radius 3 is 2.38 bits per heavy atom. The third-order valence-electron chi connectivity index (χ3n) is 7.68. The van der Waals surface area contributed by atoms with E-state index in [2.05, 4.69) is 6.92 Å². The third-order valence-corrected chi connectivity index (χ3v) is 9.52. The van der Waals surface area contributed by atoms with E-state index in [1.54, 1.807) is 11.0 Å². The maximum atomic E-state index is 15.8. The summed E-state index contributed by atoms with van der Waals surface area (Å²) in [5.74, 6) is -6.16. The SMILES string of the molecule is Cc1c(F)c(F)c(C(=O)O)c(C2=C3C=CC(=[N+]4CC(C)C4)C=C3S(=O)(=O)c3cc(N4CC(F)C4)ccc32)c1F. The molecule has 0 radical (unpaired) electrons. The number of anilines is 1. The van der Waals surface area contributed by atoms with Crippen LogP contribution >= 0.6 is 0 Å². The summed E-state index contributed by atoms with van der Waals surface area (Å²) < 4.78 is 88.8. The van der Waals surface area contributed by atoms with Gasteiger partial charge in [0.25, 0.3) is 0 Å². The lowest BCUT2D eigenvalue weighted by molar-refractivity contribution is -0.601. The first-order chi connectivity index (χ1) is 18.4. The minimum Gasteiger partial charge on any atom is -0.478 e. The van der Waals surface area contributed by atoms with E-state index < -0.39 is 56.1 Å². The lowest BCUT2D eigenvalue weighted by atomic mass is 9.85. The van der Waals surface area contributed by atoms with Crippen molar-refractivity contribution in [1.82, 2.24) is 0 Å². The van der Waals surface area contributed by atoms with E-state index in [1.165, 1.54) is 30.4 Å². The van der Waals surface area contributed by atoms with E-state index in [9.17, 15) is 27.1 Å². The molecule has 2 saturated heterocycles. The maximum absolute atomic E-state index is 15.8. The zero-order chi connectivity index (χ0) is 28.0. The minimum absolute atomic E-state index is 0.0212. The second kappa shape index (κ2) is 8.64. The zero-order valence-corrected chi connectivity index (χ0v) is 21.8. The lowest BCUT2D eigenvalue weighted by Crippen LogP contribution is -2.48. The van der Waals surface area contributed by atoms with Crippen LogP contribution in [0.4, 0.5) is 23.2 Å². The van der Waals surface area contributed by atoms with Gasteiger partial charge in [0, 0.05) is 45.7 Å². The first-order valence-electron chi connectivity index (χ1n) is 12.4. The van der Waals surface area contributed by atoms with Gasteiger partial charge in [0.2, 0.25) is 15.5 Å². The van der Waals surface area contributed by atoms with Crippen molar-refractivity contribution >= 4 is 32.8 Å². The Kier molecular flexibility index (Phi) is 5.66. The van der Waals surface area contributed by atoms with Gasteiger partial charge in [-0.15, -0.1) is 0 Å². The van der Waals surface area contributed by atoms with Crippen LogP contribution in [0.2, 0.25) is 0 Å². The van der Waals surface area contributed by atoms with E-state index in [1.807, 2.05) is 4.58 Å². The molecule has 0 bridgehead atoms. The molecule has 3 aliphatic heterocycles. The topological polar surface area (TPSA) is 77.7 Å². The zero-order valence-electron chi connectivity index (χ0n) is 20.9. The van der Waals surface area contributed by atoms with Crippen molar-refractivity contribution in [3.63, 3.8) is 0 Å². The first kappa shape index (κ1) is 25.5. The molecule has 6 nitrogen and oxygen atoms in total. The number of alkyl halides is 1. The summed E-state index contributed by atoms with van der Waals surface area (Å²) >= 11 is 0. The number of allylic oxidation sites excluding steroid dienone is 4. The monoisotopic (exact) mass is 559 g/mol. The molecule has 202 valence electrons. The Morgan fingerprint density at radius 1 is 1.08 bits per heavy atom. The predicted octanol–water partition coefficient (Wildman–Crippen LogP) is 4.41. The number of nitrogens with zero attached hydrogens (tertiary/aromatic N) is 2. The number of halogens is 4. The Bertz CT molecular complexity index is 1730. The smallest absolute Gasteiger partial charge is 0.339 e. The van der Waals surface area contributed by atoms with Crippen LogP contribution in [-0.2, 0) is 9.84 Å². The molecule has 2 aromatic carbocycles. The number of carboxylic acids is 1. The molecule has 0 aromatic heterocycles. The number of carbonyl (C=O) groups is 1. The Balaban J connectivity index is 1.69. The van der Waals surface area contributed by atoms with Crippen LogP contribution in [0.3, 0.4) is 0 Å². The van der Waals surface area contributed by atoms with Crippen molar-refractivity contribution in [2.45, 2.75) is 24.9 Å². The highest BCUT2D eigenvalue weighted by Crippen LogP contribution is 2.48. The quantitative estimate of drug-likeness (QED) is 0.343. The lowest BCUT2D eigenvalue weighted by Gasteiger charge is -2.37. The average molecular weight is 560 g/mol. The molecule has 1 aliphatic carbocycles. The van der Waals surface area contributed by atoms with Gasteiger partial charge in [-0.3, -0.25) is 0 Å². The molecule has 0 saturated carbocycles. The Labute approximate surface area is 221 Å². The summed E-state index contributed by atoms with van der Waals surface area (Å²) in [5, 5.41) is 9.82. The standard InChI is InChI=1S/C28H22F4N2O4S/c1-13-9-33(10-13)16-3-5-18-20(7-16)39(37,38)21-8-17(34-11-15(29)12-34)4-6-19(21)22(18)23-24(28(35)36)27(32)26(31)14(2)25(23)30/h3-8,13,15H,9-12H2,1-2H3/p+1. The number of carboxylic acid groups (broad SMARTS) is 1. The summed E-state index contributed by atoms with van der Waals surface area (Å²) in [6.45, 7) is 4.59. The van der Waals surface area contributed by atoms with E-state index in [0.717, 1.165) is 6.92 Å². The number of hydrogen-bond acceptors (Lipinski definition) is 4. The summed E-state index contributed by atoms with van der Waals surface area (Å²) in [6, 6.07) is 4.23. The van der Waals surface area contributed by atoms with Gasteiger partial charge in [0.15, 0.2) is 24.7 Å². The second-order valence-electron chi connectivity index (χ2n) is 10.4. The van der Waals surface area contributed by atoms with E-state index in [-0.39, 0.29) is 39.6 Å². The number of fused-ring (bicyclic) bond motifs is 2. The van der Waals surface area contributed by atoms with Gasteiger partial charge in [-0.2, -0.15) is 0 Å². The van der Waals surface area contributed by atoms with E-state index >= 15 is 8.78 Å². The Morgan fingerprint density at radius 2 is 1.77 bits per heavy atom. The van der Waals surface area contributed by atoms with Crippen molar-refractivity contribution in [2.24, 2.45) is 5.92 Å². The van der Waals surface area contributed by atoms with Crippen molar-refractivity contribution in [3.05, 3.63) is 86.6 Å². The van der Waals surface area contributed by atoms with Crippen LogP contribution in [0.1, 0.15) is 34.0 Å². The largest absolute Gasteiger partial charge is 0.478 e. The number of aromatic carboxylic acids is 1. The fourth-order valence-corrected chi connectivity index (χ4v) is 7.27. The molecule has 0 spiro atoms. The molecular formula is C28H23F4N2O4S+. The van der Waals surface area contributed by atoms with Crippen molar-refractivity contribution < 1.29 is 40.5 Å². The van der Waals surface area contributed by atoms with Gasteiger partial charge in [-0.05, 0) is 25.1 Å². The molecule has 2 aromatic rings. The van der Waals surface area contributed by atoms with E-state index in [4.69, 9.17) is 0 Å². The highest BCUT2D eigenvalue weighted by Gasteiger charge is 2.42. The van der Waals surface area contributed by atoms with Crippen molar-refractivity contribution in [2.75, 3.05) is 31.1 Å². The molecule has 0 amide bonds. The fraction of sp³-hybridized carbons (Fsp3) is 0.286. The van der Waals surface area contributed by atoms with Gasteiger partial charge >= 0.3 is 5.97 Å². The molecule has 2 fully saturated rings. The summed E-state index contributed by atoms with van der Waals surface area (Å²) in [7, 11) is -4.23. The van der Waals surface area contributed by atoms with Crippen LogP contribution in [0.15, 0.2) is 51.8 Å². The first-order valence-corrected chi connectivity index (χ1v) is 13.8. The van der Waals surface area contributed by atoms with Crippen molar-refractivity contribution in [3.8, 4) is 0 Å². The van der Waals surface area contributed by atoms with Gasteiger partial charge in [-0.25, -0.2) is 35.3 Å². The molecule has 0 unspecified atom stereocenters. The molecule has 4 aliphatic rings. The Hall–Kier alpha value is -3.73. The average Bonchev–Trinajstić information content (AvgIpc) is 2.86. The van der Waals surface area contributed by atoms with Crippen LogP contribution in [-0.4, -0.2) is 62.1 Å². The van der Waals surface area contributed by atoms with Gasteiger partial charge in [0.1, 0.15) is 17.6 Å². The van der Waals surface area contributed by atoms with Crippen LogP contribution < -0.4 is 4.90 Å². The molecular weight excluding hydrogens is 536 g/mol. The predicted molar refractivity (Wildman–Crippen MR) is 136 cm³/mol. The highest BCUT2D eigenvalue weighted by molar-refractivity contribution is 7.95. The summed E-state index contributed by atoms with van der Waals surface area (Å²) in [5.41, 5.74) is -1.91. The third kappa shape index (κ3) is 3.70. The molecule has 11 heteroatoms. The van der Waals surface area contributed by atoms with Crippen LogP contribution in [0.25, 0.3) is 5.57 Å². The number of benzene rings is 2. The maximum Gasteiger partial charge on any atom is 0.339 e. The second-order valence-corrected chi connectivity index (χ2v) is 12.3. The summed E-state index contributed by atoms with van der Waals surface area (Å²) in [4.78, 5) is 13.3. The minimum atomic E-state index is -4.23. The highest BCUT2D eigenvalue weighted by atomic mass is 32.2. The number of sulfone groups is 1.